The van der Waals surface area contributed by atoms with E-state index in [0.29, 0.717) is 17.4 Å². The second-order valence-electron chi connectivity index (χ2n) is 8.61. The number of hydrogen-bond acceptors (Lipinski definition) is 7. The van der Waals surface area contributed by atoms with Gasteiger partial charge in [0.05, 0.1) is 25.8 Å². The first-order valence-electron chi connectivity index (χ1n) is 11.5. The molecule has 3 heterocycles. The summed E-state index contributed by atoms with van der Waals surface area (Å²) in [6, 6.07) is 7.67. The van der Waals surface area contributed by atoms with Crippen molar-refractivity contribution < 1.29 is 14.3 Å². The molecule has 1 aromatic carbocycles. The zero-order valence-electron chi connectivity index (χ0n) is 19.1. The van der Waals surface area contributed by atoms with Gasteiger partial charge >= 0.3 is 0 Å². The number of benzene rings is 1. The summed E-state index contributed by atoms with van der Waals surface area (Å²) in [5, 5.41) is 6.73. The van der Waals surface area contributed by atoms with Crippen LogP contribution in [0.15, 0.2) is 53.9 Å². The van der Waals surface area contributed by atoms with E-state index in [-0.39, 0.29) is 23.9 Å². The maximum Gasteiger partial charge on any atom is 0.248 e. The Labute approximate surface area is 193 Å². The average molecular weight is 448 g/mol. The van der Waals surface area contributed by atoms with Gasteiger partial charge in [-0.05, 0) is 56.4 Å². The molecule has 5 rings (SSSR count). The number of anilines is 1. The normalized spacial score (nSPS) is 24.8. The Hall–Kier alpha value is -3.42. The topological polar surface area (TPSA) is 80.2 Å². The van der Waals surface area contributed by atoms with E-state index in [4.69, 9.17) is 14.6 Å². The molecule has 0 spiro atoms. The van der Waals surface area contributed by atoms with E-state index < -0.39 is 0 Å². The highest BCUT2D eigenvalue weighted by molar-refractivity contribution is 6.07. The van der Waals surface area contributed by atoms with E-state index in [0.717, 1.165) is 49.9 Å². The van der Waals surface area contributed by atoms with Crippen LogP contribution in [0.1, 0.15) is 37.7 Å². The third-order valence-corrected chi connectivity index (χ3v) is 6.78. The first kappa shape index (κ1) is 21.4. The van der Waals surface area contributed by atoms with Crippen LogP contribution in [-0.4, -0.2) is 53.5 Å². The molecule has 0 radical (unpaired) electrons. The van der Waals surface area contributed by atoms with E-state index in [1.165, 1.54) is 0 Å². The molecule has 33 heavy (non-hydrogen) atoms. The third kappa shape index (κ3) is 3.94. The van der Waals surface area contributed by atoms with Crippen LogP contribution >= 0.6 is 0 Å². The van der Waals surface area contributed by atoms with Crippen LogP contribution in [0.3, 0.4) is 0 Å². The predicted octanol–water partition coefficient (Wildman–Crippen LogP) is 3.64. The van der Waals surface area contributed by atoms with Crippen molar-refractivity contribution in [2.45, 2.75) is 38.3 Å². The minimum absolute atomic E-state index is 0.0434. The molecule has 3 atom stereocenters. The Morgan fingerprint density at radius 1 is 0.970 bits per heavy atom. The van der Waals surface area contributed by atoms with Gasteiger partial charge in [0.1, 0.15) is 6.17 Å². The number of carbonyl (C=O) groups is 1. The highest BCUT2D eigenvalue weighted by atomic mass is 16.5. The smallest absolute Gasteiger partial charge is 0.248 e. The fraction of sp³-hybridized carbons (Fsp3) is 0.440. The Morgan fingerprint density at radius 2 is 1.73 bits per heavy atom. The van der Waals surface area contributed by atoms with Crippen molar-refractivity contribution in [3.63, 3.8) is 0 Å². The summed E-state index contributed by atoms with van der Waals surface area (Å²) < 4.78 is 11.0. The highest BCUT2D eigenvalue weighted by Gasteiger charge is 2.44. The van der Waals surface area contributed by atoms with Gasteiger partial charge in [0.25, 0.3) is 0 Å². The number of methoxy groups -OCH3 is 2. The Bertz CT molecular complexity index is 1070. The average Bonchev–Trinajstić information content (AvgIpc) is 2.89. The van der Waals surface area contributed by atoms with Crippen LogP contribution in [0.25, 0.3) is 0 Å². The fourth-order valence-electron chi connectivity index (χ4n) is 5.12. The monoisotopic (exact) mass is 447 g/mol. The lowest BCUT2D eigenvalue weighted by Crippen LogP contribution is -2.56. The van der Waals surface area contributed by atoms with Crippen LogP contribution in [0, 0.1) is 11.8 Å². The summed E-state index contributed by atoms with van der Waals surface area (Å²) in [4.78, 5) is 24.7. The standard InChI is InChI=1S/C25H29N5O3/c1-32-20-12-11-17(16-21(20)33-2)23-18-8-3-4-9-19(18)24(31)30(28-23)22-10-5-6-15-29(22)25-26-13-7-14-27-25/h3-4,7,11-14,16,18-19,22H,5-6,8-10,15H2,1-2H3/t18-,19+,22?/m0/s1. The molecule has 1 aromatic heterocycles. The minimum atomic E-state index is -0.198. The van der Waals surface area contributed by atoms with E-state index >= 15 is 0 Å². The third-order valence-electron chi connectivity index (χ3n) is 6.78. The number of rotatable bonds is 5. The van der Waals surface area contributed by atoms with Gasteiger partial charge < -0.3 is 14.4 Å². The van der Waals surface area contributed by atoms with Gasteiger partial charge in [0.2, 0.25) is 11.9 Å². The molecule has 3 aliphatic rings. The van der Waals surface area contributed by atoms with Gasteiger partial charge in [-0.15, -0.1) is 0 Å². The van der Waals surface area contributed by atoms with Crippen molar-refractivity contribution in [3.8, 4) is 11.5 Å². The van der Waals surface area contributed by atoms with Gasteiger partial charge in [-0.3, -0.25) is 4.79 Å². The van der Waals surface area contributed by atoms with Gasteiger partial charge in [-0.25, -0.2) is 15.0 Å². The molecule has 0 N–H and O–H groups in total. The number of fused-ring (bicyclic) bond motifs is 1. The first-order valence-corrected chi connectivity index (χ1v) is 11.5. The molecular weight excluding hydrogens is 418 g/mol. The molecule has 2 aliphatic heterocycles. The molecule has 1 fully saturated rings. The molecule has 172 valence electrons. The number of allylic oxidation sites excluding steroid dienone is 2. The predicted molar refractivity (Wildman–Crippen MR) is 125 cm³/mol. The summed E-state index contributed by atoms with van der Waals surface area (Å²) >= 11 is 0. The van der Waals surface area contributed by atoms with Gasteiger partial charge in [-0.1, -0.05) is 12.2 Å². The van der Waals surface area contributed by atoms with E-state index in [9.17, 15) is 4.79 Å². The van der Waals surface area contributed by atoms with Crippen molar-refractivity contribution in [2.75, 3.05) is 25.7 Å². The maximum absolute atomic E-state index is 13.7. The Balaban J connectivity index is 1.57. The zero-order valence-corrected chi connectivity index (χ0v) is 19.1. The van der Waals surface area contributed by atoms with E-state index in [2.05, 4.69) is 27.0 Å². The van der Waals surface area contributed by atoms with Crippen molar-refractivity contribution in [1.29, 1.82) is 0 Å². The summed E-state index contributed by atoms with van der Waals surface area (Å²) in [5.41, 5.74) is 1.87. The first-order chi connectivity index (χ1) is 16.2. The SMILES string of the molecule is COc1ccc(C2=NN(C3CCCCN3c3ncccn3)C(=O)[C@@H]3CC=CC[C@H]23)cc1OC. The second-order valence-corrected chi connectivity index (χ2v) is 8.61. The summed E-state index contributed by atoms with van der Waals surface area (Å²) in [7, 11) is 3.26. The molecule has 0 bridgehead atoms. The molecular formula is C25H29N5O3. The van der Waals surface area contributed by atoms with Gasteiger partial charge in [0.15, 0.2) is 11.5 Å². The second kappa shape index (κ2) is 9.21. The lowest BCUT2D eigenvalue weighted by Gasteiger charge is -2.45. The molecule has 8 heteroatoms. The number of ether oxygens (including phenoxy) is 2. The zero-order chi connectivity index (χ0) is 22.8. The highest BCUT2D eigenvalue weighted by Crippen LogP contribution is 2.39. The molecule has 0 saturated carbocycles. The lowest BCUT2D eigenvalue weighted by atomic mass is 9.76. The summed E-state index contributed by atoms with van der Waals surface area (Å²) in [6.07, 6.45) is 12.0. The van der Waals surface area contributed by atoms with Crippen LogP contribution in [0.4, 0.5) is 5.95 Å². The largest absolute Gasteiger partial charge is 0.493 e. The van der Waals surface area contributed by atoms with Crippen molar-refractivity contribution in [2.24, 2.45) is 16.9 Å². The van der Waals surface area contributed by atoms with Crippen LogP contribution in [-0.2, 0) is 4.79 Å². The number of hydrogen-bond donors (Lipinski definition) is 0. The van der Waals surface area contributed by atoms with Crippen molar-refractivity contribution in [1.82, 2.24) is 15.0 Å². The lowest BCUT2D eigenvalue weighted by molar-refractivity contribution is -0.140. The van der Waals surface area contributed by atoms with Crippen molar-refractivity contribution in [3.05, 3.63) is 54.4 Å². The number of nitrogens with zero attached hydrogens (tertiary/aromatic N) is 5. The molecule has 8 nitrogen and oxygen atoms in total. The maximum atomic E-state index is 13.7. The minimum Gasteiger partial charge on any atom is -0.493 e. The van der Waals surface area contributed by atoms with E-state index in [1.807, 2.05) is 18.2 Å². The fourth-order valence-corrected chi connectivity index (χ4v) is 5.12. The van der Waals surface area contributed by atoms with Gasteiger partial charge in [-0.2, -0.15) is 5.10 Å². The molecule has 2 aromatic rings. The summed E-state index contributed by atoms with van der Waals surface area (Å²) in [5.74, 6) is 1.97. The van der Waals surface area contributed by atoms with Crippen LogP contribution < -0.4 is 14.4 Å². The van der Waals surface area contributed by atoms with E-state index in [1.54, 1.807) is 37.7 Å². The number of aromatic nitrogens is 2. The number of piperidine rings is 1. The Kier molecular flexibility index (Phi) is 5.98. The molecule has 1 unspecified atom stereocenters. The molecule has 1 aliphatic carbocycles. The number of carbonyl (C=O) groups excluding carboxylic acids is 1. The van der Waals surface area contributed by atoms with Crippen molar-refractivity contribution >= 4 is 17.6 Å². The quantitative estimate of drug-likeness (QED) is 0.651. The van der Waals surface area contributed by atoms with Gasteiger partial charge in [0, 0.05) is 30.4 Å². The molecule has 1 saturated heterocycles. The Morgan fingerprint density at radius 3 is 2.48 bits per heavy atom. The number of hydrazone groups is 1. The van der Waals surface area contributed by atoms with Crippen LogP contribution in [0.5, 0.6) is 11.5 Å². The summed E-state index contributed by atoms with van der Waals surface area (Å²) in [6.45, 7) is 0.799. The molecule has 1 amide bonds. The van der Waals surface area contributed by atoms with Crippen LogP contribution in [0.2, 0.25) is 0 Å². The number of amides is 1.